The summed E-state index contributed by atoms with van der Waals surface area (Å²) in [6, 6.07) is 4.52. The lowest BCUT2D eigenvalue weighted by molar-refractivity contribution is 0.0936. The number of hydrogen-bond acceptors (Lipinski definition) is 4. The van der Waals surface area contributed by atoms with Gasteiger partial charge in [-0.1, -0.05) is 12.1 Å². The molecular formula is C22H33N3O2. The molecule has 1 aromatic rings. The minimum absolute atomic E-state index is 0.0250. The Morgan fingerprint density at radius 1 is 1.33 bits per heavy atom. The summed E-state index contributed by atoms with van der Waals surface area (Å²) >= 11 is 0. The number of carbonyl (C=O) groups excluding carboxylic acids is 1. The predicted molar refractivity (Wildman–Crippen MR) is 110 cm³/mol. The first kappa shape index (κ1) is 19.9. The van der Waals surface area contributed by atoms with Crippen molar-refractivity contribution in [2.45, 2.75) is 39.2 Å². The van der Waals surface area contributed by atoms with Gasteiger partial charge in [0.15, 0.2) is 0 Å². The quantitative estimate of drug-likeness (QED) is 0.732. The predicted octanol–water partition coefficient (Wildman–Crippen LogP) is 0.984. The number of ether oxygens (including phenoxy) is 1. The summed E-state index contributed by atoms with van der Waals surface area (Å²) in [6.07, 6.45) is 8.14. The standard InChI is InChI=1S/C22H33N3O2/c1-16-4-5-19-6-7-20(22(26)24-12-13-27-3)17(2)21(19)15-25(16)14-18-8-10-23-11-9-18/h5-7,15-16,18,23H,4,8-14H2,1-3H3,(H,24,26). The fraction of sp³-hybridized carbons (Fsp3) is 0.591. The highest BCUT2D eigenvalue weighted by Crippen LogP contribution is 2.17. The molecule has 2 heterocycles. The van der Waals surface area contributed by atoms with Gasteiger partial charge in [-0.05, 0) is 69.0 Å². The summed E-state index contributed by atoms with van der Waals surface area (Å²) in [7, 11) is 1.64. The van der Waals surface area contributed by atoms with Crippen LogP contribution < -0.4 is 21.1 Å². The Morgan fingerprint density at radius 2 is 2.11 bits per heavy atom. The van der Waals surface area contributed by atoms with E-state index in [0.29, 0.717) is 19.2 Å². The molecule has 3 rings (SSSR count). The van der Waals surface area contributed by atoms with Gasteiger partial charge >= 0.3 is 0 Å². The second-order valence-electron chi connectivity index (χ2n) is 7.80. The zero-order valence-electron chi connectivity index (χ0n) is 16.9. The van der Waals surface area contributed by atoms with Gasteiger partial charge in [0.05, 0.1) is 6.61 Å². The van der Waals surface area contributed by atoms with E-state index in [2.05, 4.69) is 47.7 Å². The molecule has 0 bridgehead atoms. The number of hydrogen-bond donors (Lipinski definition) is 2. The molecule has 5 nitrogen and oxygen atoms in total. The van der Waals surface area contributed by atoms with E-state index in [1.807, 2.05) is 6.07 Å². The molecule has 0 aromatic heterocycles. The minimum atomic E-state index is -0.0250. The lowest BCUT2D eigenvalue weighted by Gasteiger charge is -2.32. The third-order valence-electron chi connectivity index (χ3n) is 5.85. The van der Waals surface area contributed by atoms with Crippen LogP contribution in [0.15, 0.2) is 12.1 Å². The number of piperidine rings is 1. The first-order chi connectivity index (χ1) is 13.1. The Balaban J connectivity index is 1.88. The average Bonchev–Trinajstić information content (AvgIpc) is 2.83. The average molecular weight is 372 g/mol. The SMILES string of the molecule is COCCNC(=O)c1ccc2c(c1C)=CN(CC1CCNCC1)C(C)CC=2. The van der Waals surface area contributed by atoms with Crippen LogP contribution in [0.2, 0.25) is 0 Å². The Hall–Kier alpha value is -1.85. The number of rotatable bonds is 6. The van der Waals surface area contributed by atoms with Crippen molar-refractivity contribution in [3.63, 3.8) is 0 Å². The largest absolute Gasteiger partial charge is 0.383 e. The monoisotopic (exact) mass is 371 g/mol. The maximum atomic E-state index is 12.6. The van der Waals surface area contributed by atoms with E-state index < -0.39 is 0 Å². The van der Waals surface area contributed by atoms with Crippen LogP contribution in [-0.2, 0) is 4.74 Å². The van der Waals surface area contributed by atoms with Crippen LogP contribution >= 0.6 is 0 Å². The Bertz CT molecular complexity index is 768. The normalized spacial score (nSPS) is 20.3. The van der Waals surface area contributed by atoms with E-state index >= 15 is 0 Å². The molecule has 1 unspecified atom stereocenters. The minimum Gasteiger partial charge on any atom is -0.383 e. The second kappa shape index (κ2) is 9.38. The number of nitrogens with one attached hydrogen (secondary N) is 2. The topological polar surface area (TPSA) is 53.6 Å². The first-order valence-electron chi connectivity index (χ1n) is 10.2. The van der Waals surface area contributed by atoms with E-state index in [4.69, 9.17) is 4.74 Å². The summed E-state index contributed by atoms with van der Waals surface area (Å²) in [5.41, 5.74) is 1.81. The van der Waals surface area contributed by atoms with E-state index in [0.717, 1.165) is 43.1 Å². The maximum Gasteiger partial charge on any atom is 0.251 e. The molecule has 1 saturated heterocycles. The maximum absolute atomic E-state index is 12.6. The zero-order valence-corrected chi connectivity index (χ0v) is 16.9. The van der Waals surface area contributed by atoms with Gasteiger partial charge in [-0.3, -0.25) is 4.79 Å². The third-order valence-corrected chi connectivity index (χ3v) is 5.85. The highest BCUT2D eigenvalue weighted by molar-refractivity contribution is 5.95. The summed E-state index contributed by atoms with van der Waals surface area (Å²) < 4.78 is 5.03. The van der Waals surface area contributed by atoms with Gasteiger partial charge in [0.25, 0.3) is 5.91 Å². The van der Waals surface area contributed by atoms with Gasteiger partial charge in [0.1, 0.15) is 0 Å². The fourth-order valence-corrected chi connectivity index (χ4v) is 4.03. The molecule has 0 radical (unpaired) electrons. The zero-order chi connectivity index (χ0) is 19.2. The number of methoxy groups -OCH3 is 1. The molecule has 0 spiro atoms. The summed E-state index contributed by atoms with van der Waals surface area (Å²) in [5.74, 6) is 0.718. The molecular weight excluding hydrogens is 338 g/mol. The molecule has 1 amide bonds. The van der Waals surface area contributed by atoms with Crippen molar-refractivity contribution >= 4 is 18.2 Å². The lowest BCUT2D eigenvalue weighted by atomic mass is 9.97. The van der Waals surface area contributed by atoms with Crippen molar-refractivity contribution in [3.05, 3.63) is 33.7 Å². The van der Waals surface area contributed by atoms with E-state index in [1.54, 1.807) is 7.11 Å². The summed E-state index contributed by atoms with van der Waals surface area (Å²) in [6.45, 7) is 8.76. The van der Waals surface area contributed by atoms with Gasteiger partial charge in [-0.2, -0.15) is 0 Å². The summed E-state index contributed by atoms with van der Waals surface area (Å²) in [4.78, 5) is 15.1. The van der Waals surface area contributed by atoms with Crippen molar-refractivity contribution < 1.29 is 9.53 Å². The first-order valence-corrected chi connectivity index (χ1v) is 10.2. The molecule has 5 heteroatoms. The van der Waals surface area contributed by atoms with Crippen molar-refractivity contribution in [3.8, 4) is 0 Å². The molecule has 2 aliphatic heterocycles. The van der Waals surface area contributed by atoms with Gasteiger partial charge < -0.3 is 20.3 Å². The number of benzene rings is 1. The Labute approximate surface area is 162 Å². The van der Waals surface area contributed by atoms with E-state index in [-0.39, 0.29) is 5.91 Å². The van der Waals surface area contributed by atoms with Gasteiger partial charge in [0.2, 0.25) is 0 Å². The van der Waals surface area contributed by atoms with Crippen molar-refractivity contribution in [1.29, 1.82) is 0 Å². The number of amides is 1. The molecule has 1 atom stereocenters. The molecule has 0 aliphatic carbocycles. The fourth-order valence-electron chi connectivity index (χ4n) is 4.03. The van der Waals surface area contributed by atoms with Crippen molar-refractivity contribution in [2.24, 2.45) is 5.92 Å². The molecule has 0 saturated carbocycles. The van der Waals surface area contributed by atoms with Crippen LogP contribution in [0.5, 0.6) is 0 Å². The van der Waals surface area contributed by atoms with Crippen LogP contribution in [-0.4, -0.2) is 56.7 Å². The molecule has 2 N–H and O–H groups in total. The van der Waals surface area contributed by atoms with Crippen LogP contribution in [0.3, 0.4) is 0 Å². The van der Waals surface area contributed by atoms with Crippen molar-refractivity contribution in [2.75, 3.05) is 39.9 Å². The van der Waals surface area contributed by atoms with Crippen LogP contribution in [0.25, 0.3) is 12.3 Å². The molecule has 1 fully saturated rings. The molecule has 27 heavy (non-hydrogen) atoms. The van der Waals surface area contributed by atoms with Crippen molar-refractivity contribution in [1.82, 2.24) is 15.5 Å². The lowest BCUT2D eigenvalue weighted by Crippen LogP contribution is -2.39. The van der Waals surface area contributed by atoms with E-state index in [9.17, 15) is 4.79 Å². The number of nitrogens with zero attached hydrogens (tertiary/aromatic N) is 1. The number of carbonyl (C=O) groups is 1. The highest BCUT2D eigenvalue weighted by Gasteiger charge is 2.20. The molecule has 148 valence electrons. The van der Waals surface area contributed by atoms with Gasteiger partial charge in [-0.15, -0.1) is 0 Å². The van der Waals surface area contributed by atoms with Crippen LogP contribution in [0.1, 0.15) is 42.1 Å². The Kier molecular flexibility index (Phi) is 6.91. The van der Waals surface area contributed by atoms with Crippen LogP contribution in [0.4, 0.5) is 0 Å². The van der Waals surface area contributed by atoms with Crippen LogP contribution in [0, 0.1) is 12.8 Å². The van der Waals surface area contributed by atoms with Gasteiger partial charge in [-0.25, -0.2) is 0 Å². The molecule has 2 aliphatic rings. The summed E-state index contributed by atoms with van der Waals surface area (Å²) in [5, 5.41) is 8.82. The van der Waals surface area contributed by atoms with E-state index in [1.165, 1.54) is 23.3 Å². The van der Waals surface area contributed by atoms with Gasteiger partial charge in [0, 0.05) is 43.2 Å². The Morgan fingerprint density at radius 3 is 2.85 bits per heavy atom. The highest BCUT2D eigenvalue weighted by atomic mass is 16.5. The molecule has 1 aromatic carbocycles. The smallest absolute Gasteiger partial charge is 0.251 e. The number of fused-ring (bicyclic) bond motifs is 1. The second-order valence-corrected chi connectivity index (χ2v) is 7.80. The third kappa shape index (κ3) is 4.90.